The molecule has 0 spiro atoms. The van der Waals surface area contributed by atoms with E-state index in [0.29, 0.717) is 42.4 Å². The molecule has 0 radical (unpaired) electrons. The van der Waals surface area contributed by atoms with E-state index in [9.17, 15) is 9.59 Å². The highest BCUT2D eigenvalue weighted by atomic mass is 32.2. The molecular weight excluding hydrogens is 422 g/mol. The fourth-order valence-electron chi connectivity index (χ4n) is 4.64. The second-order valence-electron chi connectivity index (χ2n) is 8.37. The summed E-state index contributed by atoms with van der Waals surface area (Å²) in [5, 5.41) is 0.811. The molecule has 6 nitrogen and oxygen atoms in total. The first kappa shape index (κ1) is 21.2. The number of hydrogen-bond acceptors (Lipinski definition) is 5. The molecule has 7 heteroatoms. The maximum atomic E-state index is 13.6. The Hall–Kier alpha value is -2.64. The number of carbonyl (C=O) groups excluding carboxylic acids is 1. The molecule has 0 N–H and O–H groups in total. The van der Waals surface area contributed by atoms with E-state index in [1.165, 1.54) is 11.8 Å². The van der Waals surface area contributed by atoms with Gasteiger partial charge < -0.3 is 9.64 Å². The van der Waals surface area contributed by atoms with Crippen molar-refractivity contribution in [3.8, 4) is 0 Å². The summed E-state index contributed by atoms with van der Waals surface area (Å²) in [6, 6.07) is 17.5. The third-order valence-corrected chi connectivity index (χ3v) is 7.55. The molecular formula is C25H27N3O3S. The first-order valence-corrected chi connectivity index (χ1v) is 12.2. The summed E-state index contributed by atoms with van der Waals surface area (Å²) in [5.41, 5.74) is 1.60. The maximum absolute atomic E-state index is 13.6. The second-order valence-corrected chi connectivity index (χ2v) is 9.44. The lowest BCUT2D eigenvalue weighted by atomic mass is 10.1. The molecule has 166 valence electrons. The van der Waals surface area contributed by atoms with Crippen LogP contribution in [0.5, 0.6) is 0 Å². The Kier molecular flexibility index (Phi) is 6.28. The number of ether oxygens (including phenoxy) is 1. The highest BCUT2D eigenvalue weighted by molar-refractivity contribution is 8.00. The van der Waals surface area contributed by atoms with Crippen LogP contribution in [0.3, 0.4) is 0 Å². The molecule has 2 aliphatic rings. The summed E-state index contributed by atoms with van der Waals surface area (Å²) in [6.45, 7) is 2.28. The number of hydrogen-bond donors (Lipinski definition) is 0. The highest BCUT2D eigenvalue weighted by Crippen LogP contribution is 2.39. The van der Waals surface area contributed by atoms with Gasteiger partial charge in [-0.25, -0.2) is 4.98 Å². The Morgan fingerprint density at radius 2 is 1.69 bits per heavy atom. The van der Waals surface area contributed by atoms with Crippen LogP contribution in [0.1, 0.15) is 42.5 Å². The third-order valence-electron chi connectivity index (χ3n) is 6.34. The van der Waals surface area contributed by atoms with Crippen molar-refractivity contribution in [1.29, 1.82) is 0 Å². The number of thioether (sulfide) groups is 1. The first-order chi connectivity index (χ1) is 15.7. The van der Waals surface area contributed by atoms with Crippen LogP contribution in [0.2, 0.25) is 0 Å². The van der Waals surface area contributed by atoms with Gasteiger partial charge in [-0.3, -0.25) is 14.2 Å². The average Bonchev–Trinajstić information content (AvgIpc) is 3.38. The molecule has 0 bridgehead atoms. The zero-order chi connectivity index (χ0) is 21.9. The minimum Gasteiger partial charge on any atom is -0.378 e. The Balaban J connectivity index is 1.59. The van der Waals surface area contributed by atoms with Gasteiger partial charge in [0.05, 0.1) is 24.1 Å². The summed E-state index contributed by atoms with van der Waals surface area (Å²) < 4.78 is 7.31. The van der Waals surface area contributed by atoms with Gasteiger partial charge in [-0.15, -0.1) is 0 Å². The lowest BCUT2D eigenvalue weighted by Gasteiger charge is -2.30. The molecule has 2 aromatic carbocycles. The Bertz CT molecular complexity index is 1150. The number of aromatic nitrogens is 2. The SMILES string of the molecule is O=C([C@H](Sc1nc2ccccc2c(=O)n1C1CCCC1)c1ccccc1)N1CCOCC1. The second kappa shape index (κ2) is 9.46. The summed E-state index contributed by atoms with van der Waals surface area (Å²) >= 11 is 1.41. The number of nitrogens with zero attached hydrogens (tertiary/aromatic N) is 3. The predicted octanol–water partition coefficient (Wildman–Crippen LogP) is 4.20. The molecule has 1 saturated carbocycles. The van der Waals surface area contributed by atoms with Crippen molar-refractivity contribution in [2.45, 2.75) is 42.1 Å². The molecule has 1 aromatic heterocycles. The quantitative estimate of drug-likeness (QED) is 0.431. The zero-order valence-corrected chi connectivity index (χ0v) is 18.8. The largest absolute Gasteiger partial charge is 0.378 e. The number of carbonyl (C=O) groups is 1. The summed E-state index contributed by atoms with van der Waals surface area (Å²) in [4.78, 5) is 33.9. The first-order valence-electron chi connectivity index (χ1n) is 11.3. The van der Waals surface area contributed by atoms with Crippen molar-refractivity contribution in [2.24, 2.45) is 0 Å². The number of benzene rings is 2. The Morgan fingerprint density at radius 1 is 1.00 bits per heavy atom. The van der Waals surface area contributed by atoms with Gasteiger partial charge in [0.1, 0.15) is 5.25 Å². The molecule has 0 unspecified atom stereocenters. The van der Waals surface area contributed by atoms with Crippen molar-refractivity contribution in [3.63, 3.8) is 0 Å². The van der Waals surface area contributed by atoms with Gasteiger partial charge in [-0.1, -0.05) is 67.1 Å². The lowest BCUT2D eigenvalue weighted by Crippen LogP contribution is -2.42. The van der Waals surface area contributed by atoms with Crippen LogP contribution in [-0.2, 0) is 9.53 Å². The van der Waals surface area contributed by atoms with Crippen molar-refractivity contribution in [2.75, 3.05) is 26.3 Å². The molecule has 5 rings (SSSR count). The molecule has 2 fully saturated rings. The monoisotopic (exact) mass is 449 g/mol. The summed E-state index contributed by atoms with van der Waals surface area (Å²) in [6.07, 6.45) is 4.17. The van der Waals surface area contributed by atoms with E-state index in [0.717, 1.165) is 31.2 Å². The highest BCUT2D eigenvalue weighted by Gasteiger charge is 2.31. The smallest absolute Gasteiger partial charge is 0.262 e. The molecule has 1 atom stereocenters. The maximum Gasteiger partial charge on any atom is 0.262 e. The van der Waals surface area contributed by atoms with Gasteiger partial charge in [0, 0.05) is 19.1 Å². The predicted molar refractivity (Wildman–Crippen MR) is 126 cm³/mol. The van der Waals surface area contributed by atoms with Crippen LogP contribution in [0.25, 0.3) is 10.9 Å². The number of morpholine rings is 1. The van der Waals surface area contributed by atoms with Crippen LogP contribution < -0.4 is 5.56 Å². The van der Waals surface area contributed by atoms with Gasteiger partial charge in [0.15, 0.2) is 5.16 Å². The van der Waals surface area contributed by atoms with Crippen LogP contribution in [-0.4, -0.2) is 46.7 Å². The molecule has 2 heterocycles. The van der Waals surface area contributed by atoms with Crippen LogP contribution in [0.4, 0.5) is 0 Å². The van der Waals surface area contributed by atoms with E-state index < -0.39 is 5.25 Å². The standard InChI is InChI=1S/C25H27N3O3S/c29-23-20-12-6-7-13-21(20)26-25(28(23)19-10-4-5-11-19)32-22(18-8-2-1-3-9-18)24(30)27-14-16-31-17-15-27/h1-3,6-9,12-13,19,22H,4-5,10-11,14-17H2/t22-/m1/s1. The van der Waals surface area contributed by atoms with Gasteiger partial charge in [-0.2, -0.15) is 0 Å². The van der Waals surface area contributed by atoms with Crippen LogP contribution >= 0.6 is 11.8 Å². The Morgan fingerprint density at radius 3 is 2.44 bits per heavy atom. The fourth-order valence-corrected chi connectivity index (χ4v) is 5.89. The normalized spacial score (nSPS) is 18.2. The van der Waals surface area contributed by atoms with Gasteiger partial charge in [0.2, 0.25) is 5.91 Å². The molecule has 3 aromatic rings. The van der Waals surface area contributed by atoms with Crippen LogP contribution in [0, 0.1) is 0 Å². The Labute approximate surface area is 191 Å². The van der Waals surface area contributed by atoms with Crippen molar-refractivity contribution in [1.82, 2.24) is 14.5 Å². The summed E-state index contributed by atoms with van der Waals surface area (Å²) in [7, 11) is 0. The van der Waals surface area contributed by atoms with E-state index in [1.807, 2.05) is 64.1 Å². The number of rotatable bonds is 5. The van der Waals surface area contributed by atoms with Gasteiger partial charge in [-0.05, 0) is 30.5 Å². The van der Waals surface area contributed by atoms with E-state index in [1.54, 1.807) is 0 Å². The minimum atomic E-state index is -0.463. The van der Waals surface area contributed by atoms with E-state index in [-0.39, 0.29) is 17.5 Å². The zero-order valence-electron chi connectivity index (χ0n) is 18.0. The van der Waals surface area contributed by atoms with Crippen molar-refractivity contribution >= 4 is 28.6 Å². The van der Waals surface area contributed by atoms with Crippen LogP contribution in [0.15, 0.2) is 64.5 Å². The summed E-state index contributed by atoms with van der Waals surface area (Å²) in [5.74, 6) is 0.0462. The van der Waals surface area contributed by atoms with E-state index in [2.05, 4.69) is 0 Å². The third kappa shape index (κ3) is 4.19. The van der Waals surface area contributed by atoms with E-state index in [4.69, 9.17) is 9.72 Å². The van der Waals surface area contributed by atoms with Gasteiger partial charge in [0.25, 0.3) is 5.56 Å². The number of fused-ring (bicyclic) bond motifs is 1. The van der Waals surface area contributed by atoms with E-state index >= 15 is 0 Å². The molecule has 1 saturated heterocycles. The average molecular weight is 450 g/mol. The van der Waals surface area contributed by atoms with Gasteiger partial charge >= 0.3 is 0 Å². The molecule has 1 amide bonds. The van der Waals surface area contributed by atoms with Crippen molar-refractivity contribution in [3.05, 3.63) is 70.5 Å². The number of para-hydroxylation sites is 1. The molecule has 1 aliphatic carbocycles. The molecule has 1 aliphatic heterocycles. The topological polar surface area (TPSA) is 64.4 Å². The molecule has 32 heavy (non-hydrogen) atoms. The minimum absolute atomic E-state index is 0.00404. The fraction of sp³-hybridized carbons (Fsp3) is 0.400. The lowest BCUT2D eigenvalue weighted by molar-refractivity contribution is -0.134. The number of amides is 1. The van der Waals surface area contributed by atoms with Crippen molar-refractivity contribution < 1.29 is 9.53 Å².